The summed E-state index contributed by atoms with van der Waals surface area (Å²) in [5, 5.41) is 3.45. The molecular weight excluding hydrogens is 220 g/mol. The van der Waals surface area contributed by atoms with Crippen LogP contribution in [0.15, 0.2) is 0 Å². The number of carbonyl (C=O) groups excluding carboxylic acids is 1. The molecule has 2 unspecified atom stereocenters. The molecule has 0 aromatic rings. The van der Waals surface area contributed by atoms with Crippen molar-refractivity contribution in [3.05, 3.63) is 0 Å². The van der Waals surface area contributed by atoms with Gasteiger partial charge in [0.1, 0.15) is 0 Å². The maximum Gasteiger partial charge on any atom is 0.244 e. The first kappa shape index (κ1) is 12.2. The molecule has 0 aliphatic carbocycles. The van der Waals surface area contributed by atoms with E-state index in [4.69, 9.17) is 0 Å². The molecule has 0 aromatic carbocycles. The van der Waals surface area contributed by atoms with Crippen molar-refractivity contribution in [1.82, 2.24) is 10.2 Å². The van der Waals surface area contributed by atoms with Gasteiger partial charge < -0.3 is 4.90 Å². The molecule has 0 spiro atoms. The van der Waals surface area contributed by atoms with Crippen LogP contribution in [0.4, 0.5) is 0 Å². The van der Waals surface area contributed by atoms with Crippen molar-refractivity contribution in [3.63, 3.8) is 0 Å². The van der Waals surface area contributed by atoms with Crippen molar-refractivity contribution < 1.29 is 4.79 Å². The third kappa shape index (κ3) is 1.97. The number of hydrogen-bond donors (Lipinski definition) is 1. The van der Waals surface area contributed by atoms with E-state index >= 15 is 0 Å². The second-order valence-electron chi connectivity index (χ2n) is 5.06. The minimum Gasteiger partial charge on any atom is -0.323 e. The normalized spacial score (nSPS) is 37.1. The Morgan fingerprint density at radius 2 is 2.12 bits per heavy atom. The molecule has 92 valence electrons. The summed E-state index contributed by atoms with van der Waals surface area (Å²) in [6.07, 6.45) is 3.38. The van der Waals surface area contributed by atoms with Crippen LogP contribution in [0.3, 0.4) is 0 Å². The zero-order valence-electron chi connectivity index (χ0n) is 10.5. The van der Waals surface area contributed by atoms with Gasteiger partial charge in [-0.3, -0.25) is 10.1 Å². The zero-order chi connectivity index (χ0) is 11.8. The highest BCUT2D eigenvalue weighted by Crippen LogP contribution is 2.30. The summed E-state index contributed by atoms with van der Waals surface area (Å²) in [5.74, 6) is 2.70. The van der Waals surface area contributed by atoms with Gasteiger partial charge in [-0.05, 0) is 44.6 Å². The fraction of sp³-hybridized carbons (Fsp3) is 0.917. The average molecular weight is 242 g/mol. The van der Waals surface area contributed by atoms with Gasteiger partial charge >= 0.3 is 0 Å². The van der Waals surface area contributed by atoms with Crippen LogP contribution in [0.2, 0.25) is 0 Å². The Morgan fingerprint density at radius 1 is 1.50 bits per heavy atom. The second-order valence-corrected chi connectivity index (χ2v) is 6.29. The van der Waals surface area contributed by atoms with Crippen LogP contribution in [0.1, 0.15) is 40.0 Å². The first-order valence-electron chi connectivity index (χ1n) is 6.26. The quantitative estimate of drug-likeness (QED) is 0.802. The largest absolute Gasteiger partial charge is 0.323 e. The van der Waals surface area contributed by atoms with Gasteiger partial charge in [-0.1, -0.05) is 6.92 Å². The van der Waals surface area contributed by atoms with Crippen molar-refractivity contribution in [1.29, 1.82) is 0 Å². The number of nitrogens with one attached hydrogen (secondary N) is 1. The molecule has 2 heterocycles. The number of hydrogen-bond acceptors (Lipinski definition) is 3. The Balaban J connectivity index is 2.12. The highest BCUT2D eigenvalue weighted by molar-refractivity contribution is 7.99. The first-order chi connectivity index (χ1) is 7.58. The van der Waals surface area contributed by atoms with Crippen LogP contribution in [0, 0.1) is 0 Å². The molecule has 0 bridgehead atoms. The van der Waals surface area contributed by atoms with E-state index in [2.05, 4.69) is 24.1 Å². The second kappa shape index (κ2) is 4.57. The molecule has 4 heteroatoms. The van der Waals surface area contributed by atoms with Gasteiger partial charge in [0, 0.05) is 6.04 Å². The Bertz CT molecular complexity index is 278. The summed E-state index contributed by atoms with van der Waals surface area (Å²) in [6.45, 7) is 6.22. The highest BCUT2D eigenvalue weighted by atomic mass is 32.2. The molecule has 2 saturated heterocycles. The van der Waals surface area contributed by atoms with E-state index in [0.717, 1.165) is 19.3 Å². The van der Waals surface area contributed by atoms with E-state index < -0.39 is 0 Å². The summed E-state index contributed by atoms with van der Waals surface area (Å²) in [5.41, 5.74) is -0.329. The molecular formula is C12H22N2OS. The summed E-state index contributed by atoms with van der Waals surface area (Å²) in [7, 11) is 0. The smallest absolute Gasteiger partial charge is 0.244 e. The lowest BCUT2D eigenvalue weighted by Gasteiger charge is -2.33. The van der Waals surface area contributed by atoms with Crippen LogP contribution in [-0.4, -0.2) is 40.1 Å². The van der Waals surface area contributed by atoms with Crippen LogP contribution >= 0.6 is 11.8 Å². The molecule has 0 radical (unpaired) electrons. The van der Waals surface area contributed by atoms with Crippen LogP contribution in [0.25, 0.3) is 0 Å². The van der Waals surface area contributed by atoms with Gasteiger partial charge in [0.05, 0.1) is 11.7 Å². The zero-order valence-corrected chi connectivity index (χ0v) is 11.3. The van der Waals surface area contributed by atoms with Crippen LogP contribution in [-0.2, 0) is 4.79 Å². The average Bonchev–Trinajstić information content (AvgIpc) is 2.52. The molecule has 2 atom stereocenters. The lowest BCUT2D eigenvalue weighted by atomic mass is 9.98. The summed E-state index contributed by atoms with van der Waals surface area (Å²) in [4.78, 5) is 14.5. The summed E-state index contributed by atoms with van der Waals surface area (Å²) in [6, 6.07) is 0.463. The Hall–Kier alpha value is -0.220. The van der Waals surface area contributed by atoms with Gasteiger partial charge in [-0.25, -0.2) is 0 Å². The Labute approximate surface area is 102 Å². The van der Waals surface area contributed by atoms with Crippen molar-refractivity contribution in [3.8, 4) is 0 Å². The Morgan fingerprint density at radius 3 is 2.62 bits per heavy atom. The van der Waals surface area contributed by atoms with Crippen molar-refractivity contribution in [2.45, 2.75) is 57.8 Å². The van der Waals surface area contributed by atoms with E-state index in [1.54, 1.807) is 0 Å². The lowest BCUT2D eigenvalue weighted by molar-refractivity contribution is -0.135. The summed E-state index contributed by atoms with van der Waals surface area (Å²) >= 11 is 2.01. The van der Waals surface area contributed by atoms with E-state index in [9.17, 15) is 4.79 Å². The molecule has 0 aromatic heterocycles. The van der Waals surface area contributed by atoms with Crippen molar-refractivity contribution in [2.75, 3.05) is 11.5 Å². The molecule has 16 heavy (non-hydrogen) atoms. The van der Waals surface area contributed by atoms with Crippen LogP contribution < -0.4 is 5.32 Å². The maximum atomic E-state index is 12.4. The number of carbonyl (C=O) groups is 1. The molecule has 0 saturated carbocycles. The topological polar surface area (TPSA) is 32.3 Å². The molecule has 2 rings (SSSR count). The van der Waals surface area contributed by atoms with Gasteiger partial charge in [0.15, 0.2) is 0 Å². The Kier molecular flexibility index (Phi) is 3.50. The molecule has 3 nitrogen and oxygen atoms in total. The van der Waals surface area contributed by atoms with Crippen molar-refractivity contribution >= 4 is 17.7 Å². The highest BCUT2D eigenvalue weighted by Gasteiger charge is 2.47. The third-order valence-corrected chi connectivity index (χ3v) is 4.99. The summed E-state index contributed by atoms with van der Waals surface area (Å²) < 4.78 is 0. The molecule has 1 N–H and O–H groups in total. The number of thioether (sulfide) groups is 1. The SMILES string of the molecule is CCC1(C)NC(C)N(C2CCSCC2)C1=O. The van der Waals surface area contributed by atoms with Gasteiger partial charge in [0.2, 0.25) is 5.91 Å². The molecule has 1 amide bonds. The molecule has 2 fully saturated rings. The first-order valence-corrected chi connectivity index (χ1v) is 7.42. The number of amides is 1. The third-order valence-electron chi connectivity index (χ3n) is 3.94. The van der Waals surface area contributed by atoms with E-state index in [1.807, 2.05) is 18.7 Å². The monoisotopic (exact) mass is 242 g/mol. The minimum atomic E-state index is -0.329. The van der Waals surface area contributed by atoms with Gasteiger partial charge in [-0.15, -0.1) is 0 Å². The predicted molar refractivity (Wildman–Crippen MR) is 68.5 cm³/mol. The maximum absolute atomic E-state index is 12.4. The molecule has 2 aliphatic rings. The molecule has 2 aliphatic heterocycles. The standard InChI is InChI=1S/C12H22N2OS/c1-4-12(3)11(15)14(9(2)13-12)10-5-7-16-8-6-10/h9-10,13H,4-8H2,1-3H3. The van der Waals surface area contributed by atoms with Crippen molar-refractivity contribution in [2.24, 2.45) is 0 Å². The fourth-order valence-electron chi connectivity index (χ4n) is 2.75. The fourth-order valence-corrected chi connectivity index (χ4v) is 3.83. The van der Waals surface area contributed by atoms with Gasteiger partial charge in [0.25, 0.3) is 0 Å². The van der Waals surface area contributed by atoms with Crippen LogP contribution in [0.5, 0.6) is 0 Å². The predicted octanol–water partition coefficient (Wildman–Crippen LogP) is 1.83. The van der Waals surface area contributed by atoms with E-state index in [0.29, 0.717) is 11.9 Å². The van der Waals surface area contributed by atoms with Gasteiger partial charge in [-0.2, -0.15) is 11.8 Å². The minimum absolute atomic E-state index is 0.200. The number of rotatable bonds is 2. The van der Waals surface area contributed by atoms with E-state index in [-0.39, 0.29) is 11.7 Å². The number of nitrogens with zero attached hydrogens (tertiary/aromatic N) is 1. The lowest BCUT2D eigenvalue weighted by Crippen LogP contribution is -2.46. The van der Waals surface area contributed by atoms with E-state index in [1.165, 1.54) is 11.5 Å².